The van der Waals surface area contributed by atoms with Crippen molar-refractivity contribution in [3.63, 3.8) is 0 Å². The van der Waals surface area contributed by atoms with Gasteiger partial charge in [0.05, 0.1) is 5.92 Å². The normalized spacial score (nSPS) is 23.8. The Kier molecular flexibility index (Phi) is 5.43. The number of carbonyl (C=O) groups excluding carboxylic acids is 2. The van der Waals surface area contributed by atoms with Gasteiger partial charge in [-0.15, -0.1) is 0 Å². The van der Waals surface area contributed by atoms with Crippen molar-refractivity contribution in [2.75, 3.05) is 0 Å². The molecule has 2 saturated carbocycles. The molecular formula is C24H23FN4O3. The highest BCUT2D eigenvalue weighted by Gasteiger charge is 2.52. The van der Waals surface area contributed by atoms with E-state index in [2.05, 4.69) is 15.4 Å². The first-order chi connectivity index (χ1) is 15.6. The molecule has 7 nitrogen and oxygen atoms in total. The second-order valence-corrected chi connectivity index (χ2v) is 8.46. The first kappa shape index (κ1) is 20.4. The van der Waals surface area contributed by atoms with E-state index in [1.165, 1.54) is 29.5 Å². The average molecular weight is 434 g/mol. The third kappa shape index (κ3) is 3.88. The Morgan fingerprint density at radius 2 is 1.94 bits per heavy atom. The zero-order chi connectivity index (χ0) is 22.1. The van der Waals surface area contributed by atoms with Gasteiger partial charge in [0.25, 0.3) is 5.91 Å². The van der Waals surface area contributed by atoms with Crippen LogP contribution in [0.15, 0.2) is 61.2 Å². The number of carbonyl (C=O) groups is 2. The maximum absolute atomic E-state index is 14.6. The minimum absolute atomic E-state index is 0.200. The second-order valence-electron chi connectivity index (χ2n) is 8.46. The van der Waals surface area contributed by atoms with E-state index in [9.17, 15) is 14.0 Å². The zero-order valence-electron chi connectivity index (χ0n) is 17.4. The third-order valence-electron chi connectivity index (χ3n) is 6.59. The number of nitrogens with one attached hydrogen (secondary N) is 1. The first-order valence-electron chi connectivity index (χ1n) is 10.8. The topological polar surface area (TPSA) is 86.1 Å². The summed E-state index contributed by atoms with van der Waals surface area (Å²) in [7, 11) is 0. The lowest BCUT2D eigenvalue weighted by atomic mass is 9.84. The molecule has 8 heteroatoms. The molecule has 2 fully saturated rings. The van der Waals surface area contributed by atoms with Crippen molar-refractivity contribution in [3.05, 3.63) is 78.1 Å². The van der Waals surface area contributed by atoms with E-state index in [1.807, 2.05) is 30.3 Å². The molecule has 1 aromatic heterocycles. The number of benzene rings is 2. The lowest BCUT2D eigenvalue weighted by Crippen LogP contribution is -2.47. The molecule has 3 aromatic rings. The Morgan fingerprint density at radius 1 is 1.12 bits per heavy atom. The Labute approximate surface area is 184 Å². The molecule has 2 aliphatic rings. The van der Waals surface area contributed by atoms with Crippen LogP contribution in [-0.4, -0.2) is 32.7 Å². The van der Waals surface area contributed by atoms with Crippen LogP contribution in [0.1, 0.15) is 35.2 Å². The van der Waals surface area contributed by atoms with E-state index in [0.29, 0.717) is 0 Å². The second kappa shape index (κ2) is 8.53. The van der Waals surface area contributed by atoms with Gasteiger partial charge in [-0.1, -0.05) is 30.3 Å². The molecule has 1 heterocycles. The van der Waals surface area contributed by atoms with Crippen molar-refractivity contribution in [2.24, 2.45) is 17.8 Å². The molecule has 2 aliphatic carbocycles. The molecule has 32 heavy (non-hydrogen) atoms. The first-order valence-corrected chi connectivity index (χ1v) is 10.8. The summed E-state index contributed by atoms with van der Waals surface area (Å²) in [5, 5.41) is 6.91. The van der Waals surface area contributed by atoms with Crippen molar-refractivity contribution in [1.82, 2.24) is 20.1 Å². The fourth-order valence-corrected chi connectivity index (χ4v) is 5.06. The minimum Gasteiger partial charge on any atom is -0.461 e. The van der Waals surface area contributed by atoms with Gasteiger partial charge in [-0.2, -0.15) is 5.10 Å². The van der Waals surface area contributed by atoms with Gasteiger partial charge in [0.2, 0.25) is 0 Å². The number of hydrogen-bond acceptors (Lipinski definition) is 5. The molecule has 2 aromatic carbocycles. The number of fused-ring (bicyclic) bond motifs is 2. The molecule has 1 amide bonds. The summed E-state index contributed by atoms with van der Waals surface area (Å²) in [6, 6.07) is 13.4. The number of esters is 1. The van der Waals surface area contributed by atoms with Crippen molar-refractivity contribution in [2.45, 2.75) is 31.9 Å². The Bertz CT molecular complexity index is 1120. The van der Waals surface area contributed by atoms with Crippen LogP contribution >= 0.6 is 0 Å². The van der Waals surface area contributed by atoms with Gasteiger partial charge in [0, 0.05) is 11.6 Å². The lowest BCUT2D eigenvalue weighted by molar-refractivity contribution is -0.152. The summed E-state index contributed by atoms with van der Waals surface area (Å²) >= 11 is 0. The summed E-state index contributed by atoms with van der Waals surface area (Å²) < 4.78 is 21.5. The molecule has 2 bridgehead atoms. The molecule has 4 atom stereocenters. The zero-order valence-corrected chi connectivity index (χ0v) is 17.4. The van der Waals surface area contributed by atoms with Crippen LogP contribution in [-0.2, 0) is 16.1 Å². The van der Waals surface area contributed by atoms with Gasteiger partial charge in [0.1, 0.15) is 30.8 Å². The van der Waals surface area contributed by atoms with Gasteiger partial charge in [-0.25, -0.2) is 14.1 Å². The predicted octanol–water partition coefficient (Wildman–Crippen LogP) is 3.29. The van der Waals surface area contributed by atoms with Crippen LogP contribution in [0.5, 0.6) is 0 Å². The van der Waals surface area contributed by atoms with Gasteiger partial charge in [-0.05, 0) is 54.9 Å². The fraction of sp³-hybridized carbons (Fsp3) is 0.333. The molecule has 0 radical (unpaired) electrons. The number of amides is 1. The van der Waals surface area contributed by atoms with Gasteiger partial charge in [-0.3, -0.25) is 9.59 Å². The minimum atomic E-state index is -0.574. The Morgan fingerprint density at radius 3 is 2.69 bits per heavy atom. The Hall–Kier alpha value is -3.55. The van der Waals surface area contributed by atoms with E-state index >= 15 is 0 Å². The van der Waals surface area contributed by atoms with Crippen molar-refractivity contribution < 1.29 is 18.7 Å². The quantitative estimate of drug-likeness (QED) is 0.602. The van der Waals surface area contributed by atoms with Gasteiger partial charge >= 0.3 is 5.97 Å². The van der Waals surface area contributed by atoms with Crippen LogP contribution in [0.2, 0.25) is 0 Å². The Balaban J connectivity index is 1.28. The largest absolute Gasteiger partial charge is 0.461 e. The number of rotatable bonds is 6. The SMILES string of the molecule is O=C(N[C@@H]1[C@H]2CC[C@@H](C2)[C@H]1C(=O)OCc1ccccc1)c1ccc(-n2cncn2)c(F)c1. The van der Waals surface area contributed by atoms with Gasteiger partial charge < -0.3 is 10.1 Å². The summed E-state index contributed by atoms with van der Waals surface area (Å²) in [4.78, 5) is 29.6. The van der Waals surface area contributed by atoms with Crippen molar-refractivity contribution in [1.29, 1.82) is 0 Å². The number of ether oxygens (including phenoxy) is 1. The summed E-state index contributed by atoms with van der Waals surface area (Å²) in [5.74, 6) is -1.18. The summed E-state index contributed by atoms with van der Waals surface area (Å²) in [5.41, 5.74) is 1.33. The smallest absolute Gasteiger partial charge is 0.311 e. The number of hydrogen-bond donors (Lipinski definition) is 1. The average Bonchev–Trinajstić information content (AvgIpc) is 3.56. The highest BCUT2D eigenvalue weighted by atomic mass is 19.1. The van der Waals surface area contributed by atoms with E-state index in [-0.39, 0.29) is 47.6 Å². The molecule has 164 valence electrons. The lowest BCUT2D eigenvalue weighted by Gasteiger charge is -2.30. The third-order valence-corrected chi connectivity index (χ3v) is 6.59. The number of nitrogens with zero attached hydrogens (tertiary/aromatic N) is 3. The standard InChI is InChI=1S/C24H23FN4O3/c25-19-11-18(8-9-20(19)29-14-26-13-27-29)23(30)28-22-17-7-6-16(10-17)21(22)24(31)32-12-15-4-2-1-3-5-15/h1-5,8-9,11,13-14,16-17,21-22H,6-7,10,12H2,(H,28,30)/t16-,17-,21+,22+/m0/s1. The van der Waals surface area contributed by atoms with Crippen molar-refractivity contribution in [3.8, 4) is 5.69 Å². The number of halogens is 1. The van der Waals surface area contributed by atoms with E-state index in [1.54, 1.807) is 6.07 Å². The molecule has 0 unspecified atom stereocenters. The van der Waals surface area contributed by atoms with E-state index in [0.717, 1.165) is 24.8 Å². The summed E-state index contributed by atoms with van der Waals surface area (Å²) in [6.07, 6.45) is 5.53. The van der Waals surface area contributed by atoms with Gasteiger partial charge in [0.15, 0.2) is 0 Å². The maximum Gasteiger partial charge on any atom is 0.311 e. The fourth-order valence-electron chi connectivity index (χ4n) is 5.06. The highest BCUT2D eigenvalue weighted by molar-refractivity contribution is 5.95. The molecule has 0 aliphatic heterocycles. The number of aromatic nitrogens is 3. The predicted molar refractivity (Wildman–Crippen MR) is 113 cm³/mol. The highest BCUT2D eigenvalue weighted by Crippen LogP contribution is 2.49. The van der Waals surface area contributed by atoms with Crippen molar-refractivity contribution >= 4 is 11.9 Å². The van der Waals surface area contributed by atoms with Crippen LogP contribution < -0.4 is 5.32 Å². The van der Waals surface area contributed by atoms with Crippen LogP contribution in [0.4, 0.5) is 4.39 Å². The van der Waals surface area contributed by atoms with Crippen LogP contribution in [0, 0.1) is 23.6 Å². The molecule has 0 spiro atoms. The van der Waals surface area contributed by atoms with E-state index < -0.39 is 11.7 Å². The van der Waals surface area contributed by atoms with Crippen LogP contribution in [0.25, 0.3) is 5.69 Å². The molecular weight excluding hydrogens is 411 g/mol. The summed E-state index contributed by atoms with van der Waals surface area (Å²) in [6.45, 7) is 0.211. The van der Waals surface area contributed by atoms with Crippen LogP contribution in [0.3, 0.4) is 0 Å². The molecule has 5 rings (SSSR count). The monoisotopic (exact) mass is 434 g/mol. The molecule has 1 N–H and O–H groups in total. The maximum atomic E-state index is 14.6. The van der Waals surface area contributed by atoms with E-state index in [4.69, 9.17) is 4.74 Å². The molecule has 0 saturated heterocycles.